The second-order valence-electron chi connectivity index (χ2n) is 2.63. The van der Waals surface area contributed by atoms with Crippen LogP contribution in [0.15, 0.2) is 0 Å². The van der Waals surface area contributed by atoms with Gasteiger partial charge in [-0.15, -0.1) is 0 Å². The molecule has 2 atom stereocenters. The van der Waals surface area contributed by atoms with Crippen molar-refractivity contribution < 1.29 is 14.9 Å². The topological polar surface area (TPSA) is 49.7 Å². The quantitative estimate of drug-likeness (QED) is 0.572. The van der Waals surface area contributed by atoms with Crippen molar-refractivity contribution in [3.05, 3.63) is 0 Å². The number of hydrogen-bond acceptors (Lipinski definition) is 3. The summed E-state index contributed by atoms with van der Waals surface area (Å²) >= 11 is 0. The van der Waals surface area contributed by atoms with Gasteiger partial charge in [-0.05, 0) is 19.3 Å². The van der Waals surface area contributed by atoms with E-state index in [1.54, 1.807) is 0 Å². The maximum atomic E-state index is 9.26. The van der Waals surface area contributed by atoms with E-state index in [1.807, 2.05) is 0 Å². The minimum absolute atomic E-state index is 0.0989. The van der Waals surface area contributed by atoms with Crippen molar-refractivity contribution in [2.24, 2.45) is 0 Å². The average Bonchev–Trinajstić information content (AvgIpc) is 1.94. The van der Waals surface area contributed by atoms with Crippen molar-refractivity contribution in [1.82, 2.24) is 0 Å². The van der Waals surface area contributed by atoms with Gasteiger partial charge in [-0.3, -0.25) is 0 Å². The van der Waals surface area contributed by atoms with Crippen LogP contribution < -0.4 is 0 Å². The molecule has 1 rings (SSSR count). The van der Waals surface area contributed by atoms with E-state index in [0.29, 0.717) is 6.42 Å². The maximum absolute atomic E-state index is 9.26. The van der Waals surface area contributed by atoms with Crippen LogP contribution in [0.25, 0.3) is 0 Å². The summed E-state index contributed by atoms with van der Waals surface area (Å²) in [7, 11) is 0. The molecule has 1 aliphatic rings. The molecule has 10 heavy (non-hydrogen) atoms. The van der Waals surface area contributed by atoms with Crippen molar-refractivity contribution in [2.45, 2.75) is 31.5 Å². The van der Waals surface area contributed by atoms with E-state index in [9.17, 15) is 5.11 Å². The molecule has 0 radical (unpaired) electrons. The summed E-state index contributed by atoms with van der Waals surface area (Å²) in [6.07, 6.45) is 1.81. The Morgan fingerprint density at radius 2 is 2.30 bits per heavy atom. The first-order valence-corrected chi connectivity index (χ1v) is 3.75. The highest BCUT2D eigenvalue weighted by molar-refractivity contribution is 4.72. The number of rotatable bonds is 2. The Hall–Kier alpha value is -0.120. The van der Waals surface area contributed by atoms with Gasteiger partial charge in [0.1, 0.15) is 0 Å². The molecule has 2 N–H and O–H groups in total. The Morgan fingerprint density at radius 1 is 1.50 bits per heavy atom. The predicted octanol–water partition coefficient (Wildman–Crippen LogP) is -0.0913. The molecule has 60 valence electrons. The Labute approximate surface area is 60.6 Å². The van der Waals surface area contributed by atoms with E-state index in [-0.39, 0.29) is 18.8 Å². The van der Waals surface area contributed by atoms with E-state index in [4.69, 9.17) is 9.84 Å². The van der Waals surface area contributed by atoms with E-state index >= 15 is 0 Å². The Bertz CT molecular complexity index is 92.9. The van der Waals surface area contributed by atoms with Crippen LogP contribution in [0.3, 0.4) is 0 Å². The number of hydrogen-bond donors (Lipinski definition) is 2. The fraction of sp³-hybridized carbons (Fsp3) is 1.00. The van der Waals surface area contributed by atoms with Gasteiger partial charge in [0.15, 0.2) is 0 Å². The van der Waals surface area contributed by atoms with Crippen LogP contribution in [0.2, 0.25) is 0 Å². The normalized spacial score (nSPS) is 34.2. The maximum Gasteiger partial charge on any atom is 0.0855 e. The van der Waals surface area contributed by atoms with Gasteiger partial charge in [0.05, 0.1) is 12.2 Å². The molecular weight excluding hydrogens is 132 g/mol. The number of aliphatic hydroxyl groups is 2. The zero-order chi connectivity index (χ0) is 7.40. The highest BCUT2D eigenvalue weighted by Crippen LogP contribution is 2.15. The van der Waals surface area contributed by atoms with Crippen molar-refractivity contribution in [3.8, 4) is 0 Å². The fourth-order valence-electron chi connectivity index (χ4n) is 1.23. The lowest BCUT2D eigenvalue weighted by atomic mass is 10.0. The van der Waals surface area contributed by atoms with Crippen molar-refractivity contribution >= 4 is 0 Å². The van der Waals surface area contributed by atoms with Crippen LogP contribution in [0.1, 0.15) is 19.3 Å². The largest absolute Gasteiger partial charge is 0.396 e. The SMILES string of the molecule is OCC[C@@H]1OCCC[C@H]1O. The molecule has 0 saturated carbocycles. The number of ether oxygens (including phenoxy) is 1. The Balaban J connectivity index is 2.25. The monoisotopic (exact) mass is 146 g/mol. The van der Waals surface area contributed by atoms with Crippen molar-refractivity contribution in [1.29, 1.82) is 0 Å². The van der Waals surface area contributed by atoms with Gasteiger partial charge in [0.2, 0.25) is 0 Å². The minimum Gasteiger partial charge on any atom is -0.396 e. The average molecular weight is 146 g/mol. The smallest absolute Gasteiger partial charge is 0.0855 e. The molecular formula is C7H14O3. The fourth-order valence-corrected chi connectivity index (χ4v) is 1.23. The summed E-state index contributed by atoms with van der Waals surface area (Å²) < 4.78 is 5.22. The van der Waals surface area contributed by atoms with Crippen LogP contribution in [0, 0.1) is 0 Å². The summed E-state index contributed by atoms with van der Waals surface area (Å²) in [4.78, 5) is 0. The highest BCUT2D eigenvalue weighted by atomic mass is 16.5. The predicted molar refractivity (Wildman–Crippen MR) is 36.7 cm³/mol. The number of aliphatic hydroxyl groups excluding tert-OH is 2. The molecule has 1 fully saturated rings. The first kappa shape index (κ1) is 7.98. The van der Waals surface area contributed by atoms with E-state index in [1.165, 1.54) is 0 Å². The summed E-state index contributed by atoms with van der Waals surface area (Å²) in [5, 5.41) is 17.8. The van der Waals surface area contributed by atoms with Crippen molar-refractivity contribution in [2.75, 3.05) is 13.2 Å². The molecule has 1 aliphatic heterocycles. The molecule has 0 amide bonds. The molecule has 0 aromatic rings. The van der Waals surface area contributed by atoms with Crippen molar-refractivity contribution in [3.63, 3.8) is 0 Å². The lowest BCUT2D eigenvalue weighted by molar-refractivity contribution is -0.0816. The molecule has 1 saturated heterocycles. The molecule has 1 heterocycles. The van der Waals surface area contributed by atoms with Crippen LogP contribution in [0.5, 0.6) is 0 Å². The molecule has 3 heteroatoms. The summed E-state index contributed by atoms with van der Waals surface area (Å²) in [6.45, 7) is 0.823. The first-order chi connectivity index (χ1) is 4.84. The van der Waals surface area contributed by atoms with E-state index in [2.05, 4.69) is 0 Å². The highest BCUT2D eigenvalue weighted by Gasteiger charge is 2.22. The summed E-state index contributed by atoms with van der Waals surface area (Å²) in [5.74, 6) is 0. The summed E-state index contributed by atoms with van der Waals surface area (Å²) in [6, 6.07) is 0. The van der Waals surface area contributed by atoms with Crippen LogP contribution in [-0.2, 0) is 4.74 Å². The molecule has 0 aromatic heterocycles. The van der Waals surface area contributed by atoms with Gasteiger partial charge in [0, 0.05) is 13.2 Å². The lowest BCUT2D eigenvalue weighted by Gasteiger charge is -2.27. The third kappa shape index (κ3) is 1.94. The zero-order valence-corrected chi connectivity index (χ0v) is 5.99. The third-order valence-corrected chi connectivity index (χ3v) is 1.82. The van der Waals surface area contributed by atoms with Crippen LogP contribution in [0.4, 0.5) is 0 Å². The second kappa shape index (κ2) is 3.91. The van der Waals surface area contributed by atoms with Gasteiger partial charge >= 0.3 is 0 Å². The molecule has 0 aliphatic carbocycles. The van der Waals surface area contributed by atoms with Gasteiger partial charge in [-0.25, -0.2) is 0 Å². The van der Waals surface area contributed by atoms with E-state index in [0.717, 1.165) is 19.4 Å². The van der Waals surface area contributed by atoms with Gasteiger partial charge in [-0.1, -0.05) is 0 Å². The lowest BCUT2D eigenvalue weighted by Crippen LogP contribution is -2.34. The zero-order valence-electron chi connectivity index (χ0n) is 5.99. The molecule has 0 aromatic carbocycles. The molecule has 3 nitrogen and oxygen atoms in total. The summed E-state index contributed by atoms with van der Waals surface area (Å²) in [5.41, 5.74) is 0. The minimum atomic E-state index is -0.360. The first-order valence-electron chi connectivity index (χ1n) is 3.75. The standard InChI is InChI=1S/C7H14O3/c8-4-3-7-6(9)2-1-5-10-7/h6-9H,1-5H2/t6-,7+/m1/s1. The van der Waals surface area contributed by atoms with E-state index < -0.39 is 0 Å². The molecule has 0 bridgehead atoms. The van der Waals surface area contributed by atoms with Crippen LogP contribution in [-0.4, -0.2) is 35.6 Å². The Morgan fingerprint density at radius 3 is 2.90 bits per heavy atom. The second-order valence-corrected chi connectivity index (χ2v) is 2.63. The van der Waals surface area contributed by atoms with Gasteiger partial charge in [-0.2, -0.15) is 0 Å². The molecule has 0 spiro atoms. The van der Waals surface area contributed by atoms with Gasteiger partial charge < -0.3 is 14.9 Å². The third-order valence-electron chi connectivity index (χ3n) is 1.82. The Kier molecular flexibility index (Phi) is 3.12. The molecule has 0 unspecified atom stereocenters. The van der Waals surface area contributed by atoms with Crippen LogP contribution >= 0.6 is 0 Å². The van der Waals surface area contributed by atoms with Gasteiger partial charge in [0.25, 0.3) is 0 Å².